The lowest BCUT2D eigenvalue weighted by atomic mass is 9.85. The van der Waals surface area contributed by atoms with Gasteiger partial charge in [0, 0.05) is 11.1 Å². The fourth-order valence-corrected chi connectivity index (χ4v) is 3.59. The van der Waals surface area contributed by atoms with Crippen LogP contribution in [0.3, 0.4) is 0 Å². The van der Waals surface area contributed by atoms with E-state index in [0.717, 1.165) is 12.8 Å². The molecule has 0 spiro atoms. The Morgan fingerprint density at radius 1 is 0.957 bits per heavy atom. The van der Waals surface area contributed by atoms with E-state index in [1.54, 1.807) is 5.54 Å². The van der Waals surface area contributed by atoms with Crippen LogP contribution in [0.25, 0.3) is 0 Å². The molecule has 0 rings (SSSR count). The van der Waals surface area contributed by atoms with Crippen molar-refractivity contribution in [1.29, 1.82) is 0 Å². The van der Waals surface area contributed by atoms with Crippen molar-refractivity contribution in [3.8, 4) is 0 Å². The zero-order valence-electron chi connectivity index (χ0n) is 16.0. The van der Waals surface area contributed by atoms with E-state index in [9.17, 15) is 5.11 Å². The SMILES string of the molecule is CCCCCCCCCCCCC(C=CCl)(CC(C)O)N(C)C. The lowest BCUT2D eigenvalue weighted by Crippen LogP contribution is -2.44. The number of halogens is 1. The van der Waals surface area contributed by atoms with Crippen LogP contribution in [-0.4, -0.2) is 35.7 Å². The van der Waals surface area contributed by atoms with Gasteiger partial charge in [-0.05, 0) is 33.9 Å². The minimum Gasteiger partial charge on any atom is -0.393 e. The zero-order chi connectivity index (χ0) is 17.6. The highest BCUT2D eigenvalue weighted by molar-refractivity contribution is 6.25. The molecule has 0 aliphatic rings. The highest BCUT2D eigenvalue weighted by atomic mass is 35.5. The molecule has 138 valence electrons. The molecule has 0 aliphatic carbocycles. The average molecular weight is 346 g/mol. The molecule has 0 aliphatic heterocycles. The Kier molecular flexibility index (Phi) is 14.3. The van der Waals surface area contributed by atoms with Gasteiger partial charge in [0.2, 0.25) is 0 Å². The van der Waals surface area contributed by atoms with E-state index < -0.39 is 0 Å². The fourth-order valence-electron chi connectivity index (χ4n) is 3.36. The Morgan fingerprint density at radius 2 is 1.43 bits per heavy atom. The van der Waals surface area contributed by atoms with Crippen LogP contribution in [0.2, 0.25) is 0 Å². The van der Waals surface area contributed by atoms with E-state index in [0.29, 0.717) is 0 Å². The van der Waals surface area contributed by atoms with Crippen LogP contribution in [0.4, 0.5) is 0 Å². The topological polar surface area (TPSA) is 23.5 Å². The number of hydrogen-bond donors (Lipinski definition) is 1. The van der Waals surface area contributed by atoms with Gasteiger partial charge >= 0.3 is 0 Å². The first-order valence-electron chi connectivity index (χ1n) is 9.62. The molecule has 1 N–H and O–H groups in total. The lowest BCUT2D eigenvalue weighted by Gasteiger charge is -2.38. The monoisotopic (exact) mass is 345 g/mol. The normalized spacial score (nSPS) is 16.1. The maximum atomic E-state index is 9.82. The average Bonchev–Trinajstić information content (AvgIpc) is 2.48. The van der Waals surface area contributed by atoms with Crippen LogP contribution in [0.15, 0.2) is 11.6 Å². The fraction of sp³-hybridized carbons (Fsp3) is 0.900. The predicted octanol–water partition coefficient (Wildman–Crippen LogP) is 6.12. The van der Waals surface area contributed by atoms with Crippen molar-refractivity contribution < 1.29 is 5.11 Å². The standard InChI is InChI=1S/C20H40ClNO/c1-5-6-7-8-9-10-11-12-13-14-15-20(16-17-21,22(3)4)18-19(2)23/h16-17,19,23H,5-15,18H2,1-4H3. The zero-order valence-corrected chi connectivity index (χ0v) is 16.7. The van der Waals surface area contributed by atoms with Crippen molar-refractivity contribution in [2.24, 2.45) is 0 Å². The van der Waals surface area contributed by atoms with Gasteiger partial charge < -0.3 is 10.0 Å². The van der Waals surface area contributed by atoms with Gasteiger partial charge in [0.15, 0.2) is 0 Å². The molecule has 3 heteroatoms. The van der Waals surface area contributed by atoms with Crippen LogP contribution in [0, 0.1) is 0 Å². The molecule has 0 aromatic rings. The highest BCUT2D eigenvalue weighted by Gasteiger charge is 2.30. The van der Waals surface area contributed by atoms with Gasteiger partial charge in [0.1, 0.15) is 0 Å². The van der Waals surface area contributed by atoms with Gasteiger partial charge in [-0.2, -0.15) is 0 Å². The summed E-state index contributed by atoms with van der Waals surface area (Å²) in [6.45, 7) is 4.13. The molecule has 0 aromatic heterocycles. The summed E-state index contributed by atoms with van der Waals surface area (Å²) in [7, 11) is 4.16. The molecule has 0 saturated heterocycles. The van der Waals surface area contributed by atoms with Crippen molar-refractivity contribution in [2.45, 2.75) is 103 Å². The second-order valence-electron chi connectivity index (χ2n) is 7.28. The first kappa shape index (κ1) is 22.9. The molecule has 0 amide bonds. The number of aliphatic hydroxyl groups excluding tert-OH is 1. The smallest absolute Gasteiger partial charge is 0.0532 e. The number of hydrogen-bond acceptors (Lipinski definition) is 2. The third-order valence-corrected chi connectivity index (χ3v) is 5.00. The van der Waals surface area contributed by atoms with Crippen molar-refractivity contribution in [2.75, 3.05) is 14.1 Å². The van der Waals surface area contributed by atoms with Crippen molar-refractivity contribution in [3.05, 3.63) is 11.6 Å². The molecule has 0 fully saturated rings. The van der Waals surface area contributed by atoms with E-state index in [2.05, 4.69) is 32.0 Å². The Labute approximate surface area is 150 Å². The van der Waals surface area contributed by atoms with Crippen molar-refractivity contribution >= 4 is 11.6 Å². The first-order valence-corrected chi connectivity index (χ1v) is 10.1. The third-order valence-electron chi connectivity index (χ3n) is 4.88. The Balaban J connectivity index is 3.95. The van der Waals surface area contributed by atoms with E-state index in [-0.39, 0.29) is 11.6 Å². The summed E-state index contributed by atoms with van der Waals surface area (Å²) in [4.78, 5) is 2.20. The Hall–Kier alpha value is -0.0500. The molecule has 2 atom stereocenters. The number of rotatable bonds is 15. The summed E-state index contributed by atoms with van der Waals surface area (Å²) in [5, 5.41) is 9.82. The summed E-state index contributed by atoms with van der Waals surface area (Å²) in [5.41, 5.74) is 1.49. The summed E-state index contributed by atoms with van der Waals surface area (Å²) >= 11 is 5.86. The number of likely N-dealkylation sites (N-methyl/N-ethyl adjacent to an activating group) is 1. The Morgan fingerprint density at radius 3 is 1.83 bits per heavy atom. The maximum Gasteiger partial charge on any atom is 0.0532 e. The molecule has 0 aromatic carbocycles. The van der Waals surface area contributed by atoms with Crippen LogP contribution < -0.4 is 0 Å². The van der Waals surface area contributed by atoms with E-state index in [1.807, 2.05) is 6.92 Å². The number of aliphatic hydroxyl groups is 1. The first-order chi connectivity index (χ1) is 11.0. The molecule has 23 heavy (non-hydrogen) atoms. The number of unbranched alkanes of at least 4 members (excludes halogenated alkanes) is 9. The van der Waals surface area contributed by atoms with Gasteiger partial charge in [-0.15, -0.1) is 0 Å². The van der Waals surface area contributed by atoms with Gasteiger partial charge in [-0.1, -0.05) is 88.8 Å². The summed E-state index contributed by atoms with van der Waals surface area (Å²) in [6.07, 6.45) is 17.0. The second kappa shape index (κ2) is 14.3. The minimum atomic E-state index is -0.312. The summed E-state index contributed by atoms with van der Waals surface area (Å²) < 4.78 is 0. The van der Waals surface area contributed by atoms with Gasteiger partial charge in [0.05, 0.1) is 6.10 Å². The van der Waals surface area contributed by atoms with E-state index in [1.165, 1.54) is 64.2 Å². The molecule has 0 bridgehead atoms. The molecular formula is C20H40ClNO. The van der Waals surface area contributed by atoms with Gasteiger partial charge in [-0.3, -0.25) is 0 Å². The molecule has 0 saturated carbocycles. The van der Waals surface area contributed by atoms with Gasteiger partial charge in [-0.25, -0.2) is 0 Å². The number of nitrogens with zero attached hydrogens (tertiary/aromatic N) is 1. The molecule has 2 nitrogen and oxygen atoms in total. The van der Waals surface area contributed by atoms with Crippen molar-refractivity contribution in [3.63, 3.8) is 0 Å². The predicted molar refractivity (Wildman–Crippen MR) is 104 cm³/mol. The van der Waals surface area contributed by atoms with E-state index in [4.69, 9.17) is 11.6 Å². The largest absolute Gasteiger partial charge is 0.393 e. The van der Waals surface area contributed by atoms with Gasteiger partial charge in [0.25, 0.3) is 0 Å². The molecular weight excluding hydrogens is 306 g/mol. The highest BCUT2D eigenvalue weighted by Crippen LogP contribution is 2.28. The maximum absolute atomic E-state index is 9.82. The van der Waals surface area contributed by atoms with E-state index >= 15 is 0 Å². The summed E-state index contributed by atoms with van der Waals surface area (Å²) in [5.74, 6) is 0. The lowest BCUT2D eigenvalue weighted by molar-refractivity contribution is 0.0921. The molecule has 0 heterocycles. The summed E-state index contributed by atoms with van der Waals surface area (Å²) in [6, 6.07) is 0. The Bertz CT molecular complexity index is 291. The quantitative estimate of drug-likeness (QED) is 0.361. The van der Waals surface area contributed by atoms with Crippen molar-refractivity contribution in [1.82, 2.24) is 4.90 Å². The van der Waals surface area contributed by atoms with Crippen LogP contribution in [0.5, 0.6) is 0 Å². The second-order valence-corrected chi connectivity index (χ2v) is 7.53. The van der Waals surface area contributed by atoms with Crippen LogP contribution >= 0.6 is 11.6 Å². The minimum absolute atomic E-state index is 0.115. The molecule has 2 unspecified atom stereocenters. The van der Waals surface area contributed by atoms with Crippen LogP contribution in [0.1, 0.15) is 90.9 Å². The van der Waals surface area contributed by atoms with Crippen LogP contribution in [-0.2, 0) is 0 Å². The third kappa shape index (κ3) is 11.2. The molecule has 0 radical (unpaired) electrons.